The number of amides is 2. The van der Waals surface area contributed by atoms with Crippen molar-refractivity contribution < 1.29 is 23.5 Å². The maximum absolute atomic E-state index is 14.0. The van der Waals surface area contributed by atoms with E-state index in [2.05, 4.69) is 5.32 Å². The molecule has 0 atom stereocenters. The topological polar surface area (TPSA) is 75.7 Å². The highest BCUT2D eigenvalue weighted by atomic mass is 19.1. The molecule has 0 spiro atoms. The van der Waals surface area contributed by atoms with Crippen LogP contribution < -0.4 is 10.2 Å². The summed E-state index contributed by atoms with van der Waals surface area (Å²) in [5.74, 6) is -2.43. The monoisotopic (exact) mass is 342 g/mol. The van der Waals surface area contributed by atoms with Gasteiger partial charge in [0, 0.05) is 11.3 Å². The number of ketones is 1. The van der Waals surface area contributed by atoms with Crippen LogP contribution in [-0.2, 0) is 9.53 Å². The molecule has 2 aromatic rings. The van der Waals surface area contributed by atoms with Crippen molar-refractivity contribution in [2.24, 2.45) is 0 Å². The Balaban J connectivity index is 1.79. The van der Waals surface area contributed by atoms with Crippen LogP contribution in [0, 0.1) is 12.7 Å². The van der Waals surface area contributed by atoms with E-state index < -0.39 is 23.6 Å². The minimum Gasteiger partial charge on any atom is -0.447 e. The van der Waals surface area contributed by atoms with Crippen molar-refractivity contribution >= 4 is 29.2 Å². The molecule has 1 N–H and O–H groups in total. The maximum Gasteiger partial charge on any atom is 0.414 e. The number of nitrogens with one attached hydrogen (secondary N) is 1. The second-order valence-electron chi connectivity index (χ2n) is 5.58. The summed E-state index contributed by atoms with van der Waals surface area (Å²) in [4.78, 5) is 37.2. The minimum atomic E-state index is -0.955. The van der Waals surface area contributed by atoms with Gasteiger partial charge in [0.15, 0.2) is 0 Å². The second-order valence-corrected chi connectivity index (χ2v) is 5.58. The molecule has 2 aromatic carbocycles. The number of hydrogen-bond acceptors (Lipinski definition) is 4. The number of cyclic esters (lactones) is 1. The third-order valence-corrected chi connectivity index (χ3v) is 3.79. The first kappa shape index (κ1) is 16.6. The smallest absolute Gasteiger partial charge is 0.414 e. The van der Waals surface area contributed by atoms with Gasteiger partial charge in [-0.05, 0) is 25.1 Å². The molecule has 1 saturated heterocycles. The van der Waals surface area contributed by atoms with E-state index in [1.807, 2.05) is 6.92 Å². The van der Waals surface area contributed by atoms with Crippen molar-refractivity contribution in [1.29, 1.82) is 0 Å². The molecule has 0 aliphatic carbocycles. The Morgan fingerprint density at radius 3 is 2.52 bits per heavy atom. The summed E-state index contributed by atoms with van der Waals surface area (Å²) < 4.78 is 18.8. The largest absolute Gasteiger partial charge is 0.447 e. The number of ether oxygens (including phenoxy) is 1. The lowest BCUT2D eigenvalue weighted by Crippen LogP contribution is -2.25. The molecule has 2 amide bonds. The van der Waals surface area contributed by atoms with E-state index in [0.29, 0.717) is 12.2 Å². The summed E-state index contributed by atoms with van der Waals surface area (Å²) in [5.41, 5.74) is 1.36. The van der Waals surface area contributed by atoms with Crippen LogP contribution in [0.1, 0.15) is 15.9 Å². The highest BCUT2D eigenvalue weighted by Gasteiger charge is 2.25. The maximum atomic E-state index is 14.0. The Morgan fingerprint density at radius 1 is 1.16 bits per heavy atom. The Morgan fingerprint density at radius 2 is 1.88 bits per heavy atom. The lowest BCUT2D eigenvalue weighted by Gasteiger charge is -2.14. The van der Waals surface area contributed by atoms with E-state index in [-0.39, 0.29) is 17.9 Å². The third-order valence-electron chi connectivity index (χ3n) is 3.79. The average Bonchev–Trinajstić information content (AvgIpc) is 3.03. The van der Waals surface area contributed by atoms with Crippen molar-refractivity contribution in [3.63, 3.8) is 0 Å². The van der Waals surface area contributed by atoms with Crippen molar-refractivity contribution in [2.45, 2.75) is 6.92 Å². The van der Waals surface area contributed by atoms with Gasteiger partial charge in [-0.1, -0.05) is 29.8 Å². The van der Waals surface area contributed by atoms with E-state index in [4.69, 9.17) is 4.74 Å². The van der Waals surface area contributed by atoms with Gasteiger partial charge in [0.05, 0.1) is 12.2 Å². The Kier molecular flexibility index (Phi) is 4.47. The molecule has 128 valence electrons. The molecule has 0 radical (unpaired) electrons. The molecule has 0 aromatic heterocycles. The number of carbonyl (C=O) groups excluding carboxylic acids is 3. The number of nitrogens with zero attached hydrogens (tertiary/aromatic N) is 1. The molecule has 1 heterocycles. The third kappa shape index (κ3) is 3.50. The fraction of sp³-hybridized carbons (Fsp3) is 0.167. The minimum absolute atomic E-state index is 0.178. The van der Waals surface area contributed by atoms with Gasteiger partial charge >= 0.3 is 6.09 Å². The van der Waals surface area contributed by atoms with Gasteiger partial charge in [-0.2, -0.15) is 0 Å². The number of Topliss-reactive ketones (excluding diaryl/α,β-unsaturated/α-hetero) is 1. The Labute approximate surface area is 143 Å². The predicted octanol–water partition coefficient (Wildman–Crippen LogP) is 2.91. The van der Waals surface area contributed by atoms with Crippen LogP contribution in [0.5, 0.6) is 0 Å². The van der Waals surface area contributed by atoms with Crippen LogP contribution in [-0.4, -0.2) is 30.9 Å². The fourth-order valence-corrected chi connectivity index (χ4v) is 2.42. The van der Waals surface area contributed by atoms with Gasteiger partial charge in [-0.3, -0.25) is 14.5 Å². The van der Waals surface area contributed by atoms with Gasteiger partial charge in [0.2, 0.25) is 0 Å². The molecule has 6 nitrogen and oxygen atoms in total. The van der Waals surface area contributed by atoms with Gasteiger partial charge < -0.3 is 10.1 Å². The zero-order chi connectivity index (χ0) is 18.0. The first-order valence-corrected chi connectivity index (χ1v) is 7.62. The summed E-state index contributed by atoms with van der Waals surface area (Å²) in [6.07, 6.45) is -0.542. The van der Waals surface area contributed by atoms with E-state index >= 15 is 0 Å². The van der Waals surface area contributed by atoms with Gasteiger partial charge in [0.25, 0.3) is 11.7 Å². The predicted molar refractivity (Wildman–Crippen MR) is 89.2 cm³/mol. The quantitative estimate of drug-likeness (QED) is 0.685. The fourth-order valence-electron chi connectivity index (χ4n) is 2.42. The second kappa shape index (κ2) is 6.72. The standard InChI is InChI=1S/C18H15FN2O4/c1-11-2-4-12(5-3-11)16(22)17(23)20-15-10-13(6-7-14(15)19)21-8-9-25-18(21)24/h2-7,10H,8-9H2,1H3,(H,20,23). The zero-order valence-corrected chi connectivity index (χ0v) is 13.4. The molecular weight excluding hydrogens is 327 g/mol. The number of aryl methyl sites for hydroxylation is 1. The molecule has 0 saturated carbocycles. The van der Waals surface area contributed by atoms with E-state index in [9.17, 15) is 18.8 Å². The number of halogens is 1. The van der Waals surface area contributed by atoms with Crippen LogP contribution in [0.4, 0.5) is 20.6 Å². The first-order chi connectivity index (χ1) is 12.0. The van der Waals surface area contributed by atoms with Crippen molar-refractivity contribution in [2.75, 3.05) is 23.4 Å². The van der Waals surface area contributed by atoms with Crippen LogP contribution in [0.2, 0.25) is 0 Å². The van der Waals surface area contributed by atoms with E-state index in [0.717, 1.165) is 11.6 Å². The molecule has 1 aliphatic heterocycles. The lowest BCUT2D eigenvalue weighted by molar-refractivity contribution is -0.112. The molecular formula is C18H15FN2O4. The Bertz CT molecular complexity index is 849. The molecule has 0 unspecified atom stereocenters. The SMILES string of the molecule is Cc1ccc(C(=O)C(=O)Nc2cc(N3CCOC3=O)ccc2F)cc1. The van der Waals surface area contributed by atoms with E-state index in [1.54, 1.807) is 12.1 Å². The summed E-state index contributed by atoms with van der Waals surface area (Å²) in [6, 6.07) is 10.3. The summed E-state index contributed by atoms with van der Waals surface area (Å²) in [7, 11) is 0. The normalized spacial score (nSPS) is 13.5. The molecule has 1 aliphatic rings. The number of rotatable bonds is 4. The highest BCUT2D eigenvalue weighted by Crippen LogP contribution is 2.25. The van der Waals surface area contributed by atoms with Crippen LogP contribution in [0.25, 0.3) is 0 Å². The lowest BCUT2D eigenvalue weighted by atomic mass is 10.1. The summed E-state index contributed by atoms with van der Waals surface area (Å²) in [6.45, 7) is 2.43. The summed E-state index contributed by atoms with van der Waals surface area (Å²) in [5, 5.41) is 2.26. The molecule has 25 heavy (non-hydrogen) atoms. The van der Waals surface area contributed by atoms with Crippen LogP contribution in [0.3, 0.4) is 0 Å². The van der Waals surface area contributed by atoms with Gasteiger partial charge in [0.1, 0.15) is 12.4 Å². The van der Waals surface area contributed by atoms with Crippen molar-refractivity contribution in [3.8, 4) is 0 Å². The Hall–Kier alpha value is -3.22. The number of anilines is 2. The van der Waals surface area contributed by atoms with Gasteiger partial charge in [-0.25, -0.2) is 9.18 Å². The van der Waals surface area contributed by atoms with Crippen LogP contribution in [0.15, 0.2) is 42.5 Å². The molecule has 0 bridgehead atoms. The van der Waals surface area contributed by atoms with Gasteiger partial charge in [-0.15, -0.1) is 0 Å². The number of hydrogen-bond donors (Lipinski definition) is 1. The average molecular weight is 342 g/mol. The molecule has 1 fully saturated rings. The van der Waals surface area contributed by atoms with E-state index in [1.165, 1.54) is 29.2 Å². The highest BCUT2D eigenvalue weighted by molar-refractivity contribution is 6.46. The number of benzene rings is 2. The number of carbonyl (C=O) groups is 3. The molecule has 3 rings (SSSR count). The van der Waals surface area contributed by atoms with Crippen molar-refractivity contribution in [1.82, 2.24) is 0 Å². The molecule has 7 heteroatoms. The summed E-state index contributed by atoms with van der Waals surface area (Å²) >= 11 is 0. The zero-order valence-electron chi connectivity index (χ0n) is 13.4. The van der Waals surface area contributed by atoms with Crippen LogP contribution >= 0.6 is 0 Å². The van der Waals surface area contributed by atoms with Crippen molar-refractivity contribution in [3.05, 3.63) is 59.4 Å². The first-order valence-electron chi connectivity index (χ1n) is 7.62.